The van der Waals surface area contributed by atoms with Gasteiger partial charge in [-0.3, -0.25) is 0 Å². The Morgan fingerprint density at radius 3 is 2.80 bits per heavy atom. The fourth-order valence-electron chi connectivity index (χ4n) is 0.385. The SMILES string of the molecule is COCC(N=C=O)C(=O)O. The van der Waals surface area contributed by atoms with Crippen LogP contribution in [0.25, 0.3) is 0 Å². The first-order valence-corrected chi connectivity index (χ1v) is 2.51. The molecule has 1 unspecified atom stereocenters. The number of ether oxygens (including phenoxy) is 1. The van der Waals surface area contributed by atoms with Crippen molar-refractivity contribution in [1.29, 1.82) is 0 Å². The van der Waals surface area contributed by atoms with Crippen LogP contribution in [-0.2, 0) is 14.3 Å². The Hall–Kier alpha value is -1.19. The van der Waals surface area contributed by atoms with Gasteiger partial charge in [-0.05, 0) is 0 Å². The number of hydrogen-bond acceptors (Lipinski definition) is 4. The second-order valence-electron chi connectivity index (χ2n) is 1.53. The minimum atomic E-state index is -1.19. The molecule has 0 fully saturated rings. The maximum Gasteiger partial charge on any atom is 0.331 e. The molecular formula is C5H7NO4. The van der Waals surface area contributed by atoms with E-state index in [0.29, 0.717) is 0 Å². The van der Waals surface area contributed by atoms with Gasteiger partial charge in [0.25, 0.3) is 0 Å². The topological polar surface area (TPSA) is 76.0 Å². The van der Waals surface area contributed by atoms with Gasteiger partial charge in [0, 0.05) is 7.11 Å². The average molecular weight is 145 g/mol. The third-order valence-corrected chi connectivity index (χ3v) is 0.818. The Labute approximate surface area is 57.3 Å². The molecule has 0 radical (unpaired) electrons. The predicted molar refractivity (Wildman–Crippen MR) is 31.4 cm³/mol. The van der Waals surface area contributed by atoms with Crippen molar-refractivity contribution in [3.05, 3.63) is 0 Å². The van der Waals surface area contributed by atoms with Gasteiger partial charge in [-0.25, -0.2) is 9.59 Å². The summed E-state index contributed by atoms with van der Waals surface area (Å²) in [6, 6.07) is -1.12. The number of carbonyl (C=O) groups excluding carboxylic acids is 1. The van der Waals surface area contributed by atoms with Gasteiger partial charge in [0.1, 0.15) is 0 Å². The second kappa shape index (κ2) is 4.67. The van der Waals surface area contributed by atoms with E-state index < -0.39 is 12.0 Å². The Balaban J connectivity index is 3.97. The molecule has 0 aliphatic rings. The highest BCUT2D eigenvalue weighted by Crippen LogP contribution is 1.89. The standard InChI is InChI=1S/C5H7NO4/c1-10-2-4(5(8)9)6-3-7/h4H,2H2,1H3,(H,8,9). The summed E-state index contributed by atoms with van der Waals surface area (Å²) in [6.45, 7) is -0.107. The number of rotatable bonds is 4. The molecule has 0 bridgehead atoms. The van der Waals surface area contributed by atoms with Crippen LogP contribution in [-0.4, -0.2) is 36.9 Å². The normalized spacial score (nSPS) is 11.7. The van der Waals surface area contributed by atoms with Gasteiger partial charge >= 0.3 is 5.97 Å². The van der Waals surface area contributed by atoms with E-state index in [9.17, 15) is 9.59 Å². The number of aliphatic carboxylic acids is 1. The van der Waals surface area contributed by atoms with Crippen molar-refractivity contribution in [2.75, 3.05) is 13.7 Å². The zero-order valence-corrected chi connectivity index (χ0v) is 5.40. The van der Waals surface area contributed by atoms with Gasteiger partial charge in [-0.1, -0.05) is 0 Å². The molecule has 0 aliphatic carbocycles. The Morgan fingerprint density at radius 1 is 1.90 bits per heavy atom. The number of hydrogen-bond donors (Lipinski definition) is 1. The van der Waals surface area contributed by atoms with E-state index in [1.807, 2.05) is 0 Å². The van der Waals surface area contributed by atoms with Crippen molar-refractivity contribution < 1.29 is 19.4 Å². The van der Waals surface area contributed by atoms with Crippen LogP contribution in [0.4, 0.5) is 0 Å². The zero-order chi connectivity index (χ0) is 7.98. The van der Waals surface area contributed by atoms with E-state index in [4.69, 9.17) is 5.11 Å². The lowest BCUT2D eigenvalue weighted by molar-refractivity contribution is -0.139. The van der Waals surface area contributed by atoms with Crippen LogP contribution < -0.4 is 0 Å². The number of aliphatic imine (C=N–C) groups is 1. The first-order valence-electron chi connectivity index (χ1n) is 2.51. The summed E-state index contributed by atoms with van der Waals surface area (Å²) in [6.07, 6.45) is 1.15. The zero-order valence-electron chi connectivity index (χ0n) is 5.40. The summed E-state index contributed by atoms with van der Waals surface area (Å²) in [5.74, 6) is -1.19. The summed E-state index contributed by atoms with van der Waals surface area (Å²) in [4.78, 5) is 22.7. The van der Waals surface area contributed by atoms with E-state index >= 15 is 0 Å². The number of methoxy groups -OCH3 is 1. The number of nitrogens with zero attached hydrogens (tertiary/aromatic N) is 1. The lowest BCUT2D eigenvalue weighted by Gasteiger charge is -2.00. The van der Waals surface area contributed by atoms with Crippen molar-refractivity contribution in [3.63, 3.8) is 0 Å². The Morgan fingerprint density at radius 2 is 2.50 bits per heavy atom. The van der Waals surface area contributed by atoms with E-state index in [1.165, 1.54) is 7.11 Å². The highest BCUT2D eigenvalue weighted by Gasteiger charge is 2.14. The lowest BCUT2D eigenvalue weighted by Crippen LogP contribution is -2.22. The molecule has 1 N–H and O–H groups in total. The molecule has 5 heteroatoms. The fourth-order valence-corrected chi connectivity index (χ4v) is 0.385. The molecule has 0 aromatic heterocycles. The lowest BCUT2D eigenvalue weighted by atomic mass is 10.3. The van der Waals surface area contributed by atoms with Crippen LogP contribution in [0.15, 0.2) is 4.99 Å². The van der Waals surface area contributed by atoms with Crippen LogP contribution in [0.3, 0.4) is 0 Å². The number of carboxylic acids is 1. The van der Waals surface area contributed by atoms with Crippen LogP contribution in [0, 0.1) is 0 Å². The Bertz CT molecular complexity index is 159. The van der Waals surface area contributed by atoms with E-state index in [-0.39, 0.29) is 6.61 Å². The number of carbonyl (C=O) groups is 1. The minimum absolute atomic E-state index is 0.107. The molecule has 56 valence electrons. The molecule has 0 aliphatic heterocycles. The maximum atomic E-state index is 10.1. The monoisotopic (exact) mass is 145 g/mol. The molecular weight excluding hydrogens is 138 g/mol. The maximum absolute atomic E-state index is 10.1. The summed E-state index contributed by atoms with van der Waals surface area (Å²) >= 11 is 0. The summed E-state index contributed by atoms with van der Waals surface area (Å²) in [5.41, 5.74) is 0. The quantitative estimate of drug-likeness (QED) is 0.424. The van der Waals surface area contributed by atoms with Crippen molar-refractivity contribution in [1.82, 2.24) is 0 Å². The van der Waals surface area contributed by atoms with Crippen molar-refractivity contribution in [2.24, 2.45) is 4.99 Å². The summed E-state index contributed by atoms with van der Waals surface area (Å²) in [7, 11) is 1.33. The first kappa shape index (κ1) is 8.81. The van der Waals surface area contributed by atoms with Gasteiger partial charge in [0.2, 0.25) is 6.08 Å². The predicted octanol–water partition coefficient (Wildman–Crippen LogP) is -0.578. The Kier molecular flexibility index (Phi) is 4.11. The van der Waals surface area contributed by atoms with Crippen molar-refractivity contribution >= 4 is 12.0 Å². The third kappa shape index (κ3) is 2.96. The van der Waals surface area contributed by atoms with Gasteiger partial charge in [0.05, 0.1) is 6.61 Å². The van der Waals surface area contributed by atoms with Gasteiger partial charge in [-0.2, -0.15) is 4.99 Å². The third-order valence-electron chi connectivity index (χ3n) is 0.818. The van der Waals surface area contributed by atoms with Crippen LogP contribution in [0.5, 0.6) is 0 Å². The molecule has 0 spiro atoms. The smallest absolute Gasteiger partial charge is 0.331 e. The molecule has 5 nitrogen and oxygen atoms in total. The highest BCUT2D eigenvalue weighted by atomic mass is 16.5. The molecule has 0 heterocycles. The van der Waals surface area contributed by atoms with Crippen LogP contribution >= 0.6 is 0 Å². The molecule has 0 rings (SSSR count). The van der Waals surface area contributed by atoms with Crippen LogP contribution in [0.1, 0.15) is 0 Å². The minimum Gasteiger partial charge on any atom is -0.480 e. The molecule has 1 atom stereocenters. The molecule has 0 aromatic rings. The van der Waals surface area contributed by atoms with Gasteiger partial charge in [0.15, 0.2) is 6.04 Å². The highest BCUT2D eigenvalue weighted by molar-refractivity contribution is 5.74. The first-order chi connectivity index (χ1) is 4.72. The number of carboxylic acid groups (broad SMARTS) is 1. The van der Waals surface area contributed by atoms with Crippen molar-refractivity contribution in [3.8, 4) is 0 Å². The van der Waals surface area contributed by atoms with Crippen molar-refractivity contribution in [2.45, 2.75) is 6.04 Å². The van der Waals surface area contributed by atoms with E-state index in [2.05, 4.69) is 9.73 Å². The average Bonchev–Trinajstić information content (AvgIpc) is 1.87. The molecule has 0 amide bonds. The summed E-state index contributed by atoms with van der Waals surface area (Å²) in [5, 5.41) is 8.28. The molecule has 0 saturated heterocycles. The van der Waals surface area contributed by atoms with E-state index in [1.54, 1.807) is 0 Å². The molecule has 0 saturated carbocycles. The van der Waals surface area contributed by atoms with Crippen LogP contribution in [0.2, 0.25) is 0 Å². The summed E-state index contributed by atoms with van der Waals surface area (Å²) < 4.78 is 4.46. The largest absolute Gasteiger partial charge is 0.480 e. The fraction of sp³-hybridized carbons (Fsp3) is 0.600. The number of isocyanates is 1. The van der Waals surface area contributed by atoms with Gasteiger partial charge < -0.3 is 9.84 Å². The van der Waals surface area contributed by atoms with E-state index in [0.717, 1.165) is 6.08 Å². The second-order valence-corrected chi connectivity index (χ2v) is 1.53. The van der Waals surface area contributed by atoms with Gasteiger partial charge in [-0.15, -0.1) is 0 Å². The molecule has 10 heavy (non-hydrogen) atoms. The molecule has 0 aromatic carbocycles.